The molecule has 74 heavy (non-hydrogen) atoms. The first-order chi connectivity index (χ1) is 36.5. The first-order valence-electron chi connectivity index (χ1n) is 30.5. The van der Waals surface area contributed by atoms with Gasteiger partial charge in [0.2, 0.25) is 0 Å². The van der Waals surface area contributed by atoms with Crippen molar-refractivity contribution < 1.29 is 28.6 Å². The molecule has 0 rings (SSSR count). The van der Waals surface area contributed by atoms with Gasteiger partial charge in [-0.15, -0.1) is 0 Å². The summed E-state index contributed by atoms with van der Waals surface area (Å²) < 4.78 is 16.6. The van der Waals surface area contributed by atoms with E-state index in [1.54, 1.807) is 6.08 Å². The third kappa shape index (κ3) is 58.7. The van der Waals surface area contributed by atoms with E-state index < -0.39 is 12.1 Å². The molecule has 0 aliphatic rings. The average molecular weight is 1030 g/mol. The standard InChI is InChI=1S/C68H112O6/c1-4-7-10-13-16-18-20-22-24-25-26-27-28-29-30-31-32-33-34-35-36-37-38-39-40-41-42-43-45-46-48-50-52-55-58-61-67(70)73-64-65(63-72-66(69)60-57-54-15-12-9-6-3)74-68(71)62-59-56-53-51-49-47-44-23-21-19-17-14-11-8-5-2/h7-8,10-11,16-19,22-24,26-27,29-30,44,49,51,56,59,65H,4-6,9,12-15,20-21,25,28,31-43,45-48,50,52-55,57-58,60-64H2,1-3H3/b10-7-,11-8-,18-16-,19-17-,24-22-,27-26-,30-29-,44-23-,51-49-,59-56-. The Morgan fingerprint density at radius 3 is 0.892 bits per heavy atom. The normalized spacial score (nSPS) is 13.0. The molecule has 0 saturated heterocycles. The van der Waals surface area contributed by atoms with Gasteiger partial charge in [-0.05, 0) is 89.9 Å². The van der Waals surface area contributed by atoms with E-state index in [1.165, 1.54) is 128 Å². The molecular formula is C68H112O6. The molecule has 1 atom stereocenters. The Hall–Kier alpha value is -4.19. The average Bonchev–Trinajstić information content (AvgIpc) is 3.40. The highest BCUT2D eigenvalue weighted by molar-refractivity contribution is 5.72. The van der Waals surface area contributed by atoms with Gasteiger partial charge in [0, 0.05) is 12.8 Å². The number of allylic oxidation sites excluding steroid dienone is 19. The van der Waals surface area contributed by atoms with Crippen molar-refractivity contribution in [2.75, 3.05) is 13.2 Å². The molecule has 0 saturated carbocycles. The first kappa shape index (κ1) is 69.8. The Balaban J connectivity index is 4.01. The van der Waals surface area contributed by atoms with Crippen molar-refractivity contribution in [3.63, 3.8) is 0 Å². The van der Waals surface area contributed by atoms with Crippen molar-refractivity contribution >= 4 is 17.9 Å². The van der Waals surface area contributed by atoms with Crippen LogP contribution in [0.2, 0.25) is 0 Å². The van der Waals surface area contributed by atoms with E-state index in [4.69, 9.17) is 14.2 Å². The fourth-order valence-corrected chi connectivity index (χ4v) is 8.25. The summed E-state index contributed by atoms with van der Waals surface area (Å²) in [6.07, 6.45) is 85.7. The predicted octanol–water partition coefficient (Wildman–Crippen LogP) is 20.8. The zero-order valence-corrected chi connectivity index (χ0v) is 48.1. The summed E-state index contributed by atoms with van der Waals surface area (Å²) in [5.74, 6) is -1.05. The van der Waals surface area contributed by atoms with Gasteiger partial charge in [-0.25, -0.2) is 0 Å². The molecule has 420 valence electrons. The molecule has 0 aromatic carbocycles. The lowest BCUT2D eigenvalue weighted by molar-refractivity contribution is -0.166. The molecule has 0 bridgehead atoms. The van der Waals surface area contributed by atoms with Crippen LogP contribution < -0.4 is 0 Å². The quantitative estimate of drug-likeness (QED) is 0.0261. The van der Waals surface area contributed by atoms with Crippen LogP contribution in [0.3, 0.4) is 0 Å². The molecule has 0 fully saturated rings. The number of unbranched alkanes of at least 4 members (excludes halogenated alkanes) is 24. The Bertz CT molecular complexity index is 1550. The number of esters is 3. The van der Waals surface area contributed by atoms with Gasteiger partial charge in [-0.2, -0.15) is 0 Å². The molecule has 6 heteroatoms. The van der Waals surface area contributed by atoms with Gasteiger partial charge in [0.15, 0.2) is 6.10 Å². The largest absolute Gasteiger partial charge is 0.462 e. The van der Waals surface area contributed by atoms with Crippen LogP contribution in [0.25, 0.3) is 0 Å². The van der Waals surface area contributed by atoms with Gasteiger partial charge in [0.25, 0.3) is 0 Å². The number of ether oxygens (including phenoxy) is 3. The molecule has 0 N–H and O–H groups in total. The number of hydrogen-bond acceptors (Lipinski definition) is 6. The lowest BCUT2D eigenvalue weighted by Crippen LogP contribution is -2.30. The summed E-state index contributed by atoms with van der Waals surface area (Å²) in [7, 11) is 0. The first-order valence-corrected chi connectivity index (χ1v) is 30.5. The van der Waals surface area contributed by atoms with E-state index in [1.807, 2.05) is 6.08 Å². The summed E-state index contributed by atoms with van der Waals surface area (Å²) in [6.45, 7) is 6.26. The molecule has 0 amide bonds. The molecule has 0 aliphatic carbocycles. The topological polar surface area (TPSA) is 78.9 Å². The molecule has 0 heterocycles. The van der Waals surface area contributed by atoms with E-state index in [-0.39, 0.29) is 31.6 Å². The van der Waals surface area contributed by atoms with Crippen molar-refractivity contribution in [1.82, 2.24) is 0 Å². The highest BCUT2D eigenvalue weighted by Crippen LogP contribution is 2.16. The summed E-state index contributed by atoms with van der Waals surface area (Å²) >= 11 is 0. The summed E-state index contributed by atoms with van der Waals surface area (Å²) in [6, 6.07) is 0. The van der Waals surface area contributed by atoms with Crippen molar-refractivity contribution in [2.45, 2.75) is 277 Å². The number of rotatable bonds is 54. The summed E-state index contributed by atoms with van der Waals surface area (Å²) in [5, 5.41) is 0. The minimum atomic E-state index is -0.828. The highest BCUT2D eigenvalue weighted by atomic mass is 16.6. The third-order valence-corrected chi connectivity index (χ3v) is 12.7. The molecule has 6 nitrogen and oxygen atoms in total. The van der Waals surface area contributed by atoms with Gasteiger partial charge in [-0.1, -0.05) is 284 Å². The van der Waals surface area contributed by atoms with Crippen LogP contribution in [0.5, 0.6) is 0 Å². The van der Waals surface area contributed by atoms with Crippen molar-refractivity contribution in [2.24, 2.45) is 0 Å². The zero-order valence-electron chi connectivity index (χ0n) is 48.1. The van der Waals surface area contributed by atoms with E-state index in [0.717, 1.165) is 103 Å². The summed E-state index contributed by atoms with van der Waals surface area (Å²) in [4.78, 5) is 37.8. The molecule has 0 aliphatic heterocycles. The fraction of sp³-hybridized carbons (Fsp3) is 0.662. The highest BCUT2D eigenvalue weighted by Gasteiger charge is 2.19. The maximum atomic E-state index is 12.7. The minimum absolute atomic E-state index is 0.0965. The molecule has 0 aromatic rings. The smallest absolute Gasteiger partial charge is 0.310 e. The SMILES string of the molecule is CC/C=C\C/C=C\C/C=C\C/C=C\C/C=C\CCCCCCCCCCCCCCCCCCCCCC(=O)OCC(COC(=O)CCCCCCCC)OC(=O)C/C=C\C/C=C\C/C=C\C/C=C\C/C=C\CC. The number of hydrogen-bond donors (Lipinski definition) is 0. The van der Waals surface area contributed by atoms with Crippen LogP contribution in [0.15, 0.2) is 122 Å². The third-order valence-electron chi connectivity index (χ3n) is 12.7. The van der Waals surface area contributed by atoms with Gasteiger partial charge in [0.05, 0.1) is 6.42 Å². The van der Waals surface area contributed by atoms with Gasteiger partial charge >= 0.3 is 17.9 Å². The fourth-order valence-electron chi connectivity index (χ4n) is 8.25. The molecule has 1 unspecified atom stereocenters. The Kier molecular flexibility index (Phi) is 57.9. The lowest BCUT2D eigenvalue weighted by atomic mass is 10.0. The zero-order chi connectivity index (χ0) is 53.6. The van der Waals surface area contributed by atoms with E-state index >= 15 is 0 Å². The Morgan fingerprint density at radius 1 is 0.297 bits per heavy atom. The van der Waals surface area contributed by atoms with Crippen molar-refractivity contribution in [1.29, 1.82) is 0 Å². The Labute approximate surface area is 456 Å². The van der Waals surface area contributed by atoms with Crippen molar-refractivity contribution in [3.05, 3.63) is 122 Å². The lowest BCUT2D eigenvalue weighted by Gasteiger charge is -2.18. The second kappa shape index (κ2) is 61.4. The van der Waals surface area contributed by atoms with Crippen LogP contribution in [-0.4, -0.2) is 37.2 Å². The van der Waals surface area contributed by atoms with E-state index in [9.17, 15) is 14.4 Å². The number of carbonyl (C=O) groups excluding carboxylic acids is 3. The molecule has 0 spiro atoms. The van der Waals surface area contributed by atoms with E-state index in [2.05, 4.69) is 130 Å². The van der Waals surface area contributed by atoms with Gasteiger partial charge < -0.3 is 14.2 Å². The van der Waals surface area contributed by atoms with Crippen LogP contribution in [0.1, 0.15) is 271 Å². The van der Waals surface area contributed by atoms with Crippen LogP contribution in [-0.2, 0) is 28.6 Å². The van der Waals surface area contributed by atoms with Crippen LogP contribution in [0.4, 0.5) is 0 Å². The second-order valence-corrected chi connectivity index (χ2v) is 19.9. The maximum Gasteiger partial charge on any atom is 0.310 e. The van der Waals surface area contributed by atoms with E-state index in [0.29, 0.717) is 12.8 Å². The Morgan fingerprint density at radius 2 is 0.568 bits per heavy atom. The van der Waals surface area contributed by atoms with Crippen LogP contribution in [0, 0.1) is 0 Å². The summed E-state index contributed by atoms with van der Waals surface area (Å²) in [5.41, 5.74) is 0. The number of carbonyl (C=O) groups is 3. The second-order valence-electron chi connectivity index (χ2n) is 19.9. The van der Waals surface area contributed by atoms with Gasteiger partial charge in [0.1, 0.15) is 13.2 Å². The maximum absolute atomic E-state index is 12.7. The van der Waals surface area contributed by atoms with Gasteiger partial charge in [-0.3, -0.25) is 14.4 Å². The monoisotopic (exact) mass is 1020 g/mol. The van der Waals surface area contributed by atoms with Crippen LogP contribution >= 0.6 is 0 Å². The molecular weight excluding hydrogens is 913 g/mol. The molecule has 0 radical (unpaired) electrons. The van der Waals surface area contributed by atoms with Crippen molar-refractivity contribution in [3.8, 4) is 0 Å². The minimum Gasteiger partial charge on any atom is -0.462 e. The predicted molar refractivity (Wildman–Crippen MR) is 320 cm³/mol. The molecule has 0 aromatic heterocycles.